The number of ether oxygens (including phenoxy) is 1. The first-order chi connectivity index (χ1) is 17.5. The average molecular weight is 509 g/mol. The standard InChI is InChI=1S/C25H18F3N5O4/c1-14-20(21-19(23(35)37-4)13-30-33(21)17-10-8-16(29-2)9-11-17)22(34)31(3)24(36)32(14)18-7-5-6-15(12-18)25(26,27)28/h5-13H,1,3-4H3. The van der Waals surface area contributed by atoms with Crippen LogP contribution in [-0.2, 0) is 18.0 Å². The molecule has 0 radical (unpaired) electrons. The van der Waals surface area contributed by atoms with Gasteiger partial charge < -0.3 is 4.74 Å². The van der Waals surface area contributed by atoms with Crippen LogP contribution < -0.4 is 11.2 Å². The van der Waals surface area contributed by atoms with Crippen molar-refractivity contribution in [3.05, 3.63) is 104 Å². The lowest BCUT2D eigenvalue weighted by Gasteiger charge is -2.18. The van der Waals surface area contributed by atoms with Crippen molar-refractivity contribution < 1.29 is 22.7 Å². The topological polar surface area (TPSA) is 92.5 Å². The van der Waals surface area contributed by atoms with Gasteiger partial charge in [-0.1, -0.05) is 18.2 Å². The molecule has 12 heteroatoms. The van der Waals surface area contributed by atoms with Crippen molar-refractivity contribution in [1.29, 1.82) is 0 Å². The molecule has 4 aromatic rings. The molecule has 0 unspecified atom stereocenters. The van der Waals surface area contributed by atoms with E-state index >= 15 is 0 Å². The van der Waals surface area contributed by atoms with Crippen LogP contribution in [-0.4, -0.2) is 32.0 Å². The fraction of sp³-hybridized carbons (Fsp3) is 0.160. The van der Waals surface area contributed by atoms with Crippen LogP contribution in [0.15, 0.2) is 64.3 Å². The largest absolute Gasteiger partial charge is 0.465 e. The molecule has 188 valence electrons. The minimum Gasteiger partial charge on any atom is -0.465 e. The van der Waals surface area contributed by atoms with Gasteiger partial charge in [-0.3, -0.25) is 13.9 Å². The van der Waals surface area contributed by atoms with E-state index in [9.17, 15) is 27.6 Å². The third-order valence-electron chi connectivity index (χ3n) is 5.76. The Morgan fingerprint density at radius 2 is 1.76 bits per heavy atom. The van der Waals surface area contributed by atoms with Crippen LogP contribution in [0.5, 0.6) is 0 Å². The van der Waals surface area contributed by atoms with Gasteiger partial charge in [-0.25, -0.2) is 19.1 Å². The van der Waals surface area contributed by atoms with Crippen LogP contribution in [0, 0.1) is 13.5 Å². The molecule has 37 heavy (non-hydrogen) atoms. The number of carbonyl (C=O) groups is 1. The van der Waals surface area contributed by atoms with Crippen molar-refractivity contribution in [3.63, 3.8) is 0 Å². The van der Waals surface area contributed by atoms with Crippen molar-refractivity contribution in [2.75, 3.05) is 7.11 Å². The minimum atomic E-state index is -4.66. The fourth-order valence-electron chi connectivity index (χ4n) is 3.93. The van der Waals surface area contributed by atoms with Crippen molar-refractivity contribution in [2.45, 2.75) is 13.1 Å². The molecule has 2 aromatic carbocycles. The number of hydrogen-bond acceptors (Lipinski definition) is 5. The maximum atomic E-state index is 13.4. The smallest absolute Gasteiger partial charge is 0.416 e. The van der Waals surface area contributed by atoms with E-state index in [0.29, 0.717) is 11.4 Å². The second-order valence-electron chi connectivity index (χ2n) is 7.93. The highest BCUT2D eigenvalue weighted by atomic mass is 19.4. The quantitative estimate of drug-likeness (QED) is 0.306. The molecule has 0 aliphatic carbocycles. The number of rotatable bonds is 4. The summed E-state index contributed by atoms with van der Waals surface area (Å²) in [5.41, 5.74) is -2.34. The monoisotopic (exact) mass is 509 g/mol. The summed E-state index contributed by atoms with van der Waals surface area (Å²) < 4.78 is 48.0. The van der Waals surface area contributed by atoms with Crippen LogP contribution in [0.2, 0.25) is 0 Å². The zero-order valence-electron chi connectivity index (χ0n) is 19.7. The summed E-state index contributed by atoms with van der Waals surface area (Å²) in [6.45, 7) is 8.52. The summed E-state index contributed by atoms with van der Waals surface area (Å²) in [6.07, 6.45) is -3.48. The first-order valence-electron chi connectivity index (χ1n) is 10.6. The van der Waals surface area contributed by atoms with Gasteiger partial charge >= 0.3 is 17.8 Å². The van der Waals surface area contributed by atoms with Gasteiger partial charge in [0.15, 0.2) is 5.69 Å². The Bertz CT molecular complexity index is 1690. The molecule has 9 nitrogen and oxygen atoms in total. The summed E-state index contributed by atoms with van der Waals surface area (Å²) in [7, 11) is 2.32. The van der Waals surface area contributed by atoms with Gasteiger partial charge in [0.2, 0.25) is 0 Å². The fourth-order valence-corrected chi connectivity index (χ4v) is 3.93. The first-order valence-corrected chi connectivity index (χ1v) is 10.6. The van der Waals surface area contributed by atoms with E-state index in [2.05, 4.69) is 9.94 Å². The van der Waals surface area contributed by atoms with Gasteiger partial charge in [0.25, 0.3) is 5.56 Å². The van der Waals surface area contributed by atoms with Crippen LogP contribution in [0.4, 0.5) is 18.9 Å². The molecule has 0 aliphatic heterocycles. The lowest BCUT2D eigenvalue weighted by Crippen LogP contribution is -2.40. The number of nitrogens with zero attached hydrogens (tertiary/aromatic N) is 5. The highest BCUT2D eigenvalue weighted by Crippen LogP contribution is 2.32. The van der Waals surface area contributed by atoms with E-state index in [1.807, 2.05) is 0 Å². The Hall–Kier alpha value is -4.92. The number of methoxy groups -OCH3 is 1. The van der Waals surface area contributed by atoms with E-state index in [0.717, 1.165) is 34.4 Å². The maximum Gasteiger partial charge on any atom is 0.416 e. The molecule has 2 heterocycles. The second kappa shape index (κ2) is 9.27. The number of hydrogen-bond donors (Lipinski definition) is 0. The Kier molecular flexibility index (Phi) is 6.31. The molecule has 0 fully saturated rings. The van der Waals surface area contributed by atoms with Gasteiger partial charge in [-0.05, 0) is 37.3 Å². The Balaban J connectivity index is 2.09. The molecule has 0 saturated heterocycles. The summed E-state index contributed by atoms with van der Waals surface area (Å²) in [4.78, 5) is 42.4. The number of benzene rings is 2. The lowest BCUT2D eigenvalue weighted by atomic mass is 10.1. The van der Waals surface area contributed by atoms with Crippen LogP contribution in [0.25, 0.3) is 27.5 Å². The van der Waals surface area contributed by atoms with Crippen molar-refractivity contribution in [1.82, 2.24) is 18.9 Å². The highest BCUT2D eigenvalue weighted by molar-refractivity contribution is 5.96. The van der Waals surface area contributed by atoms with E-state index in [4.69, 9.17) is 11.3 Å². The van der Waals surface area contributed by atoms with E-state index in [1.165, 1.54) is 43.0 Å². The Morgan fingerprint density at radius 3 is 2.35 bits per heavy atom. The Morgan fingerprint density at radius 1 is 1.08 bits per heavy atom. The molecule has 0 amide bonds. The SMILES string of the molecule is [C-]#[N+]c1ccc(-n2ncc(C(=O)OC)c2-c2c(C)n(-c3cccc(C(F)(F)F)c3)c(=O)n(C)c2=O)cc1. The van der Waals surface area contributed by atoms with Crippen LogP contribution >= 0.6 is 0 Å². The molecular formula is C25H18F3N5O4. The summed E-state index contributed by atoms with van der Waals surface area (Å²) in [6, 6.07) is 10.2. The van der Waals surface area contributed by atoms with Gasteiger partial charge in [0, 0.05) is 12.7 Å². The zero-order valence-corrected chi connectivity index (χ0v) is 19.7. The molecule has 0 atom stereocenters. The molecule has 4 rings (SSSR count). The van der Waals surface area contributed by atoms with Gasteiger partial charge in [-0.2, -0.15) is 18.3 Å². The zero-order chi connectivity index (χ0) is 27.1. The predicted octanol–water partition coefficient (Wildman–Crippen LogP) is 4.05. The lowest BCUT2D eigenvalue weighted by molar-refractivity contribution is -0.137. The number of carbonyl (C=O) groups excluding carboxylic acids is 1. The Labute approximate surface area is 207 Å². The summed E-state index contributed by atoms with van der Waals surface area (Å²) in [5.74, 6) is -0.822. The van der Waals surface area contributed by atoms with E-state index in [-0.39, 0.29) is 28.2 Å². The van der Waals surface area contributed by atoms with Gasteiger partial charge in [-0.15, -0.1) is 0 Å². The van der Waals surface area contributed by atoms with Gasteiger partial charge in [0.1, 0.15) is 5.56 Å². The molecule has 0 N–H and O–H groups in total. The number of halogens is 3. The molecular weight excluding hydrogens is 491 g/mol. The minimum absolute atomic E-state index is 0.0166. The molecule has 0 spiro atoms. The van der Waals surface area contributed by atoms with Crippen LogP contribution in [0.3, 0.4) is 0 Å². The molecule has 0 saturated carbocycles. The maximum absolute atomic E-state index is 13.4. The number of alkyl halides is 3. The van der Waals surface area contributed by atoms with Crippen molar-refractivity contribution in [2.24, 2.45) is 7.05 Å². The van der Waals surface area contributed by atoms with Crippen LogP contribution in [0.1, 0.15) is 21.6 Å². The van der Waals surface area contributed by atoms with Gasteiger partial charge in [0.05, 0.1) is 48.1 Å². The third kappa shape index (κ3) is 4.31. The summed E-state index contributed by atoms with van der Waals surface area (Å²) >= 11 is 0. The van der Waals surface area contributed by atoms with Crippen molar-refractivity contribution in [3.8, 4) is 22.6 Å². The third-order valence-corrected chi connectivity index (χ3v) is 5.76. The second-order valence-corrected chi connectivity index (χ2v) is 7.93. The molecule has 2 aromatic heterocycles. The first kappa shape index (κ1) is 25.2. The molecule has 0 aliphatic rings. The highest BCUT2D eigenvalue weighted by Gasteiger charge is 2.32. The normalized spacial score (nSPS) is 11.3. The number of aromatic nitrogens is 4. The summed E-state index contributed by atoms with van der Waals surface area (Å²) in [5, 5.41) is 4.22. The predicted molar refractivity (Wildman–Crippen MR) is 127 cm³/mol. The molecule has 0 bridgehead atoms. The van der Waals surface area contributed by atoms with Crippen molar-refractivity contribution >= 4 is 11.7 Å². The number of esters is 1. The van der Waals surface area contributed by atoms with E-state index in [1.54, 1.807) is 12.1 Å². The van der Waals surface area contributed by atoms with E-state index < -0.39 is 29.0 Å². The average Bonchev–Trinajstić information content (AvgIpc) is 3.31.